The van der Waals surface area contributed by atoms with Crippen LogP contribution in [-0.4, -0.2) is 56.5 Å². The third-order valence-corrected chi connectivity index (χ3v) is 8.57. The molecule has 10 nitrogen and oxygen atoms in total. The third-order valence-electron chi connectivity index (χ3n) is 6.03. The number of ether oxygens (including phenoxy) is 3. The molecule has 1 aromatic heterocycles. The molecule has 216 valence electrons. The number of methoxy groups -OCH3 is 2. The van der Waals surface area contributed by atoms with Gasteiger partial charge in [0.05, 0.1) is 42.2 Å². The Morgan fingerprint density at radius 1 is 1.05 bits per heavy atom. The second kappa shape index (κ2) is 13.9. The first kappa shape index (κ1) is 31.3. The number of benzene rings is 2. The largest absolute Gasteiger partial charge is 0.495 e. The first-order chi connectivity index (χ1) is 18.9. The Bertz CT molecular complexity index is 1310. The first-order valence-electron chi connectivity index (χ1n) is 12.6. The molecule has 1 heterocycles. The maximum atomic E-state index is 13.5. The lowest BCUT2D eigenvalue weighted by Gasteiger charge is -2.25. The normalized spacial score (nSPS) is 11.2. The molecule has 0 aliphatic carbocycles. The SMILES string of the molecule is COc1cc(OC)c(Cl)c(CN(COCC[Si](C)(C)C)C(=O)Nc2cc(Nc3cccc(C)c3N)ncn2)c1Cl. The minimum atomic E-state index is -1.33. The highest BCUT2D eigenvalue weighted by Crippen LogP contribution is 2.41. The monoisotopic (exact) mass is 606 g/mol. The van der Waals surface area contributed by atoms with Crippen LogP contribution in [0.25, 0.3) is 0 Å². The van der Waals surface area contributed by atoms with Gasteiger partial charge in [-0.2, -0.15) is 0 Å². The van der Waals surface area contributed by atoms with Crippen molar-refractivity contribution in [2.24, 2.45) is 0 Å². The number of hydrogen-bond donors (Lipinski definition) is 3. The molecule has 0 bridgehead atoms. The number of nitrogens with two attached hydrogens (primary N) is 1. The van der Waals surface area contributed by atoms with Crippen LogP contribution in [0, 0.1) is 6.92 Å². The Kier molecular flexibility index (Phi) is 10.9. The maximum Gasteiger partial charge on any atom is 0.325 e. The zero-order valence-corrected chi connectivity index (χ0v) is 26.1. The minimum Gasteiger partial charge on any atom is -0.495 e. The molecule has 2 amide bonds. The summed E-state index contributed by atoms with van der Waals surface area (Å²) in [5, 5.41) is 6.53. The van der Waals surface area contributed by atoms with Crippen LogP contribution < -0.4 is 25.8 Å². The summed E-state index contributed by atoms with van der Waals surface area (Å²) in [5.41, 5.74) is 8.88. The van der Waals surface area contributed by atoms with Crippen molar-refractivity contribution in [2.75, 3.05) is 43.9 Å². The van der Waals surface area contributed by atoms with Crippen molar-refractivity contribution >= 4 is 60.3 Å². The van der Waals surface area contributed by atoms with Gasteiger partial charge in [-0.25, -0.2) is 14.8 Å². The van der Waals surface area contributed by atoms with E-state index in [2.05, 4.69) is 40.2 Å². The molecule has 0 radical (unpaired) electrons. The van der Waals surface area contributed by atoms with Gasteiger partial charge < -0.3 is 25.3 Å². The van der Waals surface area contributed by atoms with Gasteiger partial charge in [0.2, 0.25) is 0 Å². The van der Waals surface area contributed by atoms with Crippen LogP contribution in [0.4, 0.5) is 27.8 Å². The summed E-state index contributed by atoms with van der Waals surface area (Å²) in [5.74, 6) is 1.49. The number of rotatable bonds is 12. The summed E-state index contributed by atoms with van der Waals surface area (Å²) in [6, 6.07) is 9.34. The number of carbonyl (C=O) groups excluding carboxylic acids is 1. The Morgan fingerprint density at radius 3 is 2.33 bits per heavy atom. The molecule has 0 saturated carbocycles. The van der Waals surface area contributed by atoms with E-state index in [0.717, 1.165) is 11.6 Å². The lowest BCUT2D eigenvalue weighted by molar-refractivity contribution is 0.0548. The number of anilines is 4. The zero-order chi connectivity index (χ0) is 29.4. The lowest BCUT2D eigenvalue weighted by atomic mass is 10.1. The Labute approximate surface area is 246 Å². The molecule has 0 aliphatic heterocycles. The highest BCUT2D eigenvalue weighted by atomic mass is 35.5. The number of hydrogen-bond acceptors (Lipinski definition) is 8. The molecular formula is C27H36Cl2N6O4Si. The minimum absolute atomic E-state index is 0.00148. The van der Waals surface area contributed by atoms with E-state index in [-0.39, 0.29) is 29.1 Å². The van der Waals surface area contributed by atoms with Crippen LogP contribution in [0.5, 0.6) is 11.5 Å². The predicted molar refractivity (Wildman–Crippen MR) is 164 cm³/mol. The van der Waals surface area contributed by atoms with Gasteiger partial charge in [0.25, 0.3) is 0 Å². The van der Waals surface area contributed by atoms with Crippen LogP contribution in [-0.2, 0) is 11.3 Å². The molecule has 0 spiro atoms. The van der Waals surface area contributed by atoms with Crippen LogP contribution in [0.2, 0.25) is 35.7 Å². The predicted octanol–water partition coefficient (Wildman–Crippen LogP) is 6.78. The highest BCUT2D eigenvalue weighted by Gasteiger charge is 2.23. The summed E-state index contributed by atoms with van der Waals surface area (Å²) in [7, 11) is 1.65. The molecule has 13 heteroatoms. The van der Waals surface area contributed by atoms with Crippen molar-refractivity contribution in [3.8, 4) is 11.5 Å². The molecule has 0 unspecified atom stereocenters. The number of halogens is 2. The zero-order valence-electron chi connectivity index (χ0n) is 23.6. The quantitative estimate of drug-likeness (QED) is 0.0891. The van der Waals surface area contributed by atoms with Gasteiger partial charge in [-0.05, 0) is 24.6 Å². The van der Waals surface area contributed by atoms with E-state index >= 15 is 0 Å². The van der Waals surface area contributed by atoms with E-state index in [1.807, 2.05) is 25.1 Å². The summed E-state index contributed by atoms with van der Waals surface area (Å²) in [4.78, 5) is 23.4. The molecule has 3 aromatic rings. The van der Waals surface area contributed by atoms with Crippen LogP contribution in [0.3, 0.4) is 0 Å². The summed E-state index contributed by atoms with van der Waals surface area (Å²) in [6.07, 6.45) is 1.35. The number of nitrogens with zero attached hydrogens (tertiary/aromatic N) is 3. The van der Waals surface area contributed by atoms with E-state index in [1.54, 1.807) is 12.1 Å². The van der Waals surface area contributed by atoms with Gasteiger partial charge in [-0.15, -0.1) is 0 Å². The van der Waals surface area contributed by atoms with Crippen molar-refractivity contribution in [1.82, 2.24) is 14.9 Å². The smallest absolute Gasteiger partial charge is 0.325 e. The molecule has 3 rings (SSSR count). The second-order valence-electron chi connectivity index (χ2n) is 10.3. The number of urea groups is 1. The maximum absolute atomic E-state index is 13.5. The van der Waals surface area contributed by atoms with Crippen molar-refractivity contribution < 1.29 is 19.0 Å². The molecule has 2 aromatic carbocycles. The Morgan fingerprint density at radius 2 is 1.70 bits per heavy atom. The van der Waals surface area contributed by atoms with Gasteiger partial charge in [-0.3, -0.25) is 10.2 Å². The first-order valence-corrected chi connectivity index (χ1v) is 17.1. The molecule has 0 fully saturated rings. The van der Waals surface area contributed by atoms with Crippen LogP contribution in [0.15, 0.2) is 36.7 Å². The van der Waals surface area contributed by atoms with Crippen molar-refractivity contribution in [2.45, 2.75) is 39.2 Å². The highest BCUT2D eigenvalue weighted by molar-refractivity contribution is 6.76. The fourth-order valence-electron chi connectivity index (χ4n) is 3.61. The summed E-state index contributed by atoms with van der Waals surface area (Å²) < 4.78 is 16.7. The van der Waals surface area contributed by atoms with Gasteiger partial charge in [0.15, 0.2) is 0 Å². The third kappa shape index (κ3) is 8.37. The van der Waals surface area contributed by atoms with Crippen LogP contribution >= 0.6 is 23.2 Å². The number of aryl methyl sites for hydroxylation is 1. The van der Waals surface area contributed by atoms with Crippen molar-refractivity contribution in [3.63, 3.8) is 0 Å². The Hall–Kier alpha value is -3.25. The van der Waals surface area contributed by atoms with Crippen molar-refractivity contribution in [3.05, 3.63) is 57.8 Å². The molecule has 4 N–H and O–H groups in total. The summed E-state index contributed by atoms with van der Waals surface area (Å²) >= 11 is 13.2. The number of nitrogen functional groups attached to an aromatic ring is 1. The molecular weight excluding hydrogens is 571 g/mol. The number of para-hydroxylation sites is 1. The van der Waals surface area contributed by atoms with Gasteiger partial charge in [-0.1, -0.05) is 55.0 Å². The average Bonchev–Trinajstić information content (AvgIpc) is 2.90. The Balaban J connectivity index is 1.84. The molecule has 40 heavy (non-hydrogen) atoms. The topological polar surface area (TPSA) is 124 Å². The second-order valence-corrected chi connectivity index (χ2v) is 16.7. The number of aromatic nitrogens is 2. The standard InChI is InChI=1S/C27H36Cl2N6O4Si/c1-17-8-7-9-19(26(17)30)33-22-13-23(32-15-31-22)34-27(36)35(16-39-10-11-40(4,5)6)14-18-24(28)20(37-2)12-21(38-3)25(18)29/h7-9,12-13,15H,10-11,14,16,30H2,1-6H3,(H2,31,32,33,34,36). The van der Waals surface area contributed by atoms with E-state index in [1.165, 1.54) is 25.4 Å². The molecule has 0 aliphatic rings. The average molecular weight is 608 g/mol. The van der Waals surface area contributed by atoms with Crippen LogP contribution in [0.1, 0.15) is 11.1 Å². The van der Waals surface area contributed by atoms with E-state index < -0.39 is 14.1 Å². The van der Waals surface area contributed by atoms with Gasteiger partial charge >= 0.3 is 6.03 Å². The number of nitrogens with one attached hydrogen (secondary N) is 2. The number of amides is 2. The number of carbonyl (C=O) groups is 1. The molecule has 0 atom stereocenters. The summed E-state index contributed by atoms with van der Waals surface area (Å²) in [6.45, 7) is 9.24. The van der Waals surface area contributed by atoms with E-state index in [4.69, 9.17) is 43.1 Å². The fraction of sp³-hybridized carbons (Fsp3) is 0.370. The lowest BCUT2D eigenvalue weighted by Crippen LogP contribution is -2.37. The van der Waals surface area contributed by atoms with Gasteiger partial charge in [0.1, 0.15) is 36.2 Å². The fourth-order valence-corrected chi connectivity index (χ4v) is 4.98. The van der Waals surface area contributed by atoms with E-state index in [9.17, 15) is 4.79 Å². The molecule has 0 saturated heterocycles. The van der Waals surface area contributed by atoms with E-state index in [0.29, 0.717) is 40.9 Å². The van der Waals surface area contributed by atoms with Crippen molar-refractivity contribution in [1.29, 1.82) is 0 Å². The van der Waals surface area contributed by atoms with Gasteiger partial charge in [0, 0.05) is 32.4 Å².